The quantitative estimate of drug-likeness (QED) is 0.807. The topological polar surface area (TPSA) is 54.5 Å². The molecule has 0 radical (unpaired) electrons. The Morgan fingerprint density at radius 1 is 1.42 bits per heavy atom. The van der Waals surface area contributed by atoms with Crippen molar-refractivity contribution in [2.75, 3.05) is 38.3 Å². The highest BCUT2D eigenvalue weighted by molar-refractivity contribution is 5.79. The average Bonchev–Trinajstić information content (AvgIpc) is 2.48. The second-order valence-electron chi connectivity index (χ2n) is 4.75. The lowest BCUT2D eigenvalue weighted by atomic mass is 9.95. The summed E-state index contributed by atoms with van der Waals surface area (Å²) in [5.41, 5.74) is 1.19. The van der Waals surface area contributed by atoms with Gasteiger partial charge in [0.25, 0.3) is 0 Å². The molecular formula is C14H21N3O2. The van der Waals surface area contributed by atoms with E-state index in [2.05, 4.69) is 15.2 Å². The molecule has 0 aliphatic carbocycles. The van der Waals surface area contributed by atoms with Crippen molar-refractivity contribution in [1.29, 1.82) is 0 Å². The van der Waals surface area contributed by atoms with Crippen LogP contribution in [-0.2, 0) is 9.53 Å². The minimum Gasteiger partial charge on any atom is -0.383 e. The summed E-state index contributed by atoms with van der Waals surface area (Å²) in [5.74, 6) is 0.293. The monoisotopic (exact) mass is 263 g/mol. The van der Waals surface area contributed by atoms with Crippen LogP contribution in [0.25, 0.3) is 0 Å². The Bertz CT molecular complexity index is 389. The molecule has 1 aliphatic heterocycles. The Morgan fingerprint density at radius 3 is 2.74 bits per heavy atom. The van der Waals surface area contributed by atoms with Crippen LogP contribution in [0.4, 0.5) is 5.69 Å². The molecule has 104 valence electrons. The Kier molecular flexibility index (Phi) is 5.15. The number of ether oxygens (including phenoxy) is 1. The Hall–Kier alpha value is -1.62. The van der Waals surface area contributed by atoms with Crippen LogP contribution in [0, 0.1) is 5.92 Å². The van der Waals surface area contributed by atoms with E-state index in [4.69, 9.17) is 4.74 Å². The van der Waals surface area contributed by atoms with E-state index in [0.29, 0.717) is 13.2 Å². The first-order valence-corrected chi connectivity index (χ1v) is 6.73. The molecule has 0 aromatic carbocycles. The number of amides is 1. The fourth-order valence-corrected chi connectivity index (χ4v) is 2.38. The number of rotatable bonds is 5. The number of nitrogens with zero attached hydrogens (tertiary/aromatic N) is 2. The number of methoxy groups -OCH3 is 1. The summed E-state index contributed by atoms with van der Waals surface area (Å²) in [6.07, 6.45) is 5.42. The lowest BCUT2D eigenvalue weighted by Gasteiger charge is -2.32. The van der Waals surface area contributed by atoms with Crippen molar-refractivity contribution in [2.45, 2.75) is 12.8 Å². The minimum absolute atomic E-state index is 0.134. The largest absolute Gasteiger partial charge is 0.383 e. The van der Waals surface area contributed by atoms with Gasteiger partial charge in [0.1, 0.15) is 0 Å². The number of anilines is 1. The summed E-state index contributed by atoms with van der Waals surface area (Å²) in [4.78, 5) is 18.2. The van der Waals surface area contributed by atoms with Crippen molar-refractivity contribution >= 4 is 11.6 Å². The Labute approximate surface area is 114 Å². The van der Waals surface area contributed by atoms with E-state index >= 15 is 0 Å². The highest BCUT2D eigenvalue weighted by Crippen LogP contribution is 2.22. The van der Waals surface area contributed by atoms with Crippen molar-refractivity contribution in [3.8, 4) is 0 Å². The molecule has 1 saturated heterocycles. The summed E-state index contributed by atoms with van der Waals surface area (Å²) in [5, 5.41) is 2.92. The fraction of sp³-hybridized carbons (Fsp3) is 0.571. The van der Waals surface area contributed by atoms with Crippen molar-refractivity contribution in [3.63, 3.8) is 0 Å². The molecule has 1 N–H and O–H groups in total. The van der Waals surface area contributed by atoms with Crippen molar-refractivity contribution in [1.82, 2.24) is 10.3 Å². The standard InChI is InChI=1S/C14H21N3O2/c1-19-11-8-16-14(18)12-4-9-17(10-5-12)13-2-6-15-7-3-13/h2-3,6-7,12H,4-5,8-11H2,1H3,(H,16,18). The van der Waals surface area contributed by atoms with Crippen LogP contribution < -0.4 is 10.2 Å². The van der Waals surface area contributed by atoms with Gasteiger partial charge in [0.2, 0.25) is 5.91 Å². The number of hydrogen-bond acceptors (Lipinski definition) is 4. The predicted octanol–water partition coefficient (Wildman–Crippen LogP) is 1.06. The van der Waals surface area contributed by atoms with E-state index in [1.807, 2.05) is 12.1 Å². The summed E-state index contributed by atoms with van der Waals surface area (Å²) >= 11 is 0. The van der Waals surface area contributed by atoms with Gasteiger partial charge in [-0.25, -0.2) is 0 Å². The van der Waals surface area contributed by atoms with Crippen molar-refractivity contribution < 1.29 is 9.53 Å². The van der Waals surface area contributed by atoms with E-state index in [1.165, 1.54) is 5.69 Å². The maximum atomic E-state index is 11.9. The van der Waals surface area contributed by atoms with Gasteiger partial charge in [-0.2, -0.15) is 0 Å². The number of hydrogen-bond donors (Lipinski definition) is 1. The molecule has 0 unspecified atom stereocenters. The fourth-order valence-electron chi connectivity index (χ4n) is 2.38. The Morgan fingerprint density at radius 2 is 2.11 bits per heavy atom. The number of carbonyl (C=O) groups excluding carboxylic acids is 1. The van der Waals surface area contributed by atoms with Gasteiger partial charge in [0.05, 0.1) is 6.61 Å². The number of carbonyl (C=O) groups is 1. The molecule has 5 heteroatoms. The van der Waals surface area contributed by atoms with Crippen molar-refractivity contribution in [2.24, 2.45) is 5.92 Å². The summed E-state index contributed by atoms with van der Waals surface area (Å²) in [7, 11) is 1.64. The first kappa shape index (κ1) is 13.8. The predicted molar refractivity (Wildman–Crippen MR) is 74.1 cm³/mol. The van der Waals surface area contributed by atoms with E-state index < -0.39 is 0 Å². The lowest BCUT2D eigenvalue weighted by molar-refractivity contribution is -0.125. The number of piperidine rings is 1. The molecule has 5 nitrogen and oxygen atoms in total. The Balaban J connectivity index is 1.77. The van der Waals surface area contributed by atoms with E-state index in [1.54, 1.807) is 19.5 Å². The third-order valence-corrected chi connectivity index (χ3v) is 3.50. The maximum absolute atomic E-state index is 11.9. The number of aromatic nitrogens is 1. The lowest BCUT2D eigenvalue weighted by Crippen LogP contribution is -2.41. The SMILES string of the molecule is COCCNC(=O)C1CCN(c2ccncc2)CC1. The molecule has 1 aliphatic rings. The zero-order valence-electron chi connectivity index (χ0n) is 11.3. The van der Waals surface area contributed by atoms with Gasteiger partial charge in [-0.15, -0.1) is 0 Å². The van der Waals surface area contributed by atoms with Gasteiger partial charge in [-0.1, -0.05) is 0 Å². The maximum Gasteiger partial charge on any atom is 0.223 e. The molecule has 0 saturated carbocycles. The van der Waals surface area contributed by atoms with Crippen LogP contribution in [0.3, 0.4) is 0 Å². The number of pyridine rings is 1. The van der Waals surface area contributed by atoms with Crippen LogP contribution in [0.15, 0.2) is 24.5 Å². The molecule has 0 atom stereocenters. The van der Waals surface area contributed by atoms with Gasteiger partial charge >= 0.3 is 0 Å². The molecule has 2 rings (SSSR count). The van der Waals surface area contributed by atoms with Gasteiger partial charge < -0.3 is 15.0 Å². The smallest absolute Gasteiger partial charge is 0.223 e. The van der Waals surface area contributed by atoms with Gasteiger partial charge in [0.15, 0.2) is 0 Å². The molecule has 1 aromatic rings. The average molecular weight is 263 g/mol. The summed E-state index contributed by atoms with van der Waals surface area (Å²) in [6.45, 7) is 3.01. The van der Waals surface area contributed by atoms with Gasteiger partial charge in [0, 0.05) is 50.7 Å². The van der Waals surface area contributed by atoms with Crippen LogP contribution >= 0.6 is 0 Å². The van der Waals surface area contributed by atoms with Crippen LogP contribution in [-0.4, -0.2) is 44.2 Å². The second-order valence-corrected chi connectivity index (χ2v) is 4.75. The van der Waals surface area contributed by atoms with Crippen LogP contribution in [0.1, 0.15) is 12.8 Å². The summed E-state index contributed by atoms with van der Waals surface area (Å²) in [6, 6.07) is 4.03. The first-order chi connectivity index (χ1) is 9.31. The van der Waals surface area contributed by atoms with Crippen molar-refractivity contribution in [3.05, 3.63) is 24.5 Å². The second kappa shape index (κ2) is 7.09. The van der Waals surface area contributed by atoms with E-state index in [-0.39, 0.29) is 11.8 Å². The normalized spacial score (nSPS) is 16.4. The highest BCUT2D eigenvalue weighted by atomic mass is 16.5. The third kappa shape index (κ3) is 3.92. The zero-order valence-corrected chi connectivity index (χ0v) is 11.3. The van der Waals surface area contributed by atoms with E-state index in [0.717, 1.165) is 25.9 Å². The summed E-state index contributed by atoms with van der Waals surface area (Å²) < 4.78 is 4.93. The third-order valence-electron chi connectivity index (χ3n) is 3.50. The molecular weight excluding hydrogens is 242 g/mol. The zero-order chi connectivity index (χ0) is 13.5. The molecule has 0 spiro atoms. The molecule has 1 aromatic heterocycles. The highest BCUT2D eigenvalue weighted by Gasteiger charge is 2.24. The van der Waals surface area contributed by atoms with Crippen LogP contribution in [0.2, 0.25) is 0 Å². The molecule has 1 fully saturated rings. The molecule has 2 heterocycles. The van der Waals surface area contributed by atoms with Crippen LogP contribution in [0.5, 0.6) is 0 Å². The van der Waals surface area contributed by atoms with E-state index in [9.17, 15) is 4.79 Å². The van der Waals surface area contributed by atoms with Gasteiger partial charge in [-0.3, -0.25) is 9.78 Å². The first-order valence-electron chi connectivity index (χ1n) is 6.73. The minimum atomic E-state index is 0.134. The molecule has 19 heavy (non-hydrogen) atoms. The molecule has 0 bridgehead atoms. The number of nitrogens with one attached hydrogen (secondary N) is 1. The molecule has 1 amide bonds. The van der Waals surface area contributed by atoms with Gasteiger partial charge in [-0.05, 0) is 25.0 Å².